The van der Waals surface area contributed by atoms with Crippen molar-refractivity contribution in [2.45, 2.75) is 50.7 Å². The molecule has 0 aliphatic rings. The van der Waals surface area contributed by atoms with Crippen LogP contribution in [0.15, 0.2) is 48.5 Å². The van der Waals surface area contributed by atoms with Gasteiger partial charge in [0, 0.05) is 0 Å². The quantitative estimate of drug-likeness (QED) is 0.522. The Morgan fingerprint density at radius 1 is 0.931 bits per heavy atom. The summed E-state index contributed by atoms with van der Waals surface area (Å²) in [5.41, 5.74) is 3.20. The molecule has 0 spiro atoms. The molecule has 0 heterocycles. The van der Waals surface area contributed by atoms with E-state index < -0.39 is 21.1 Å². The van der Waals surface area contributed by atoms with Crippen molar-refractivity contribution in [3.63, 3.8) is 0 Å². The number of ether oxygens (including phenoxy) is 1. The third kappa shape index (κ3) is 7.54. The number of carboxylic acids is 1. The highest BCUT2D eigenvalue weighted by Gasteiger charge is 2.31. The van der Waals surface area contributed by atoms with E-state index in [1.807, 2.05) is 55.5 Å². The van der Waals surface area contributed by atoms with Gasteiger partial charge in [-0.15, -0.1) is 0 Å². The second kappa shape index (κ2) is 11.0. The molecule has 6 heteroatoms. The maximum atomic E-state index is 12.6. The van der Waals surface area contributed by atoms with Gasteiger partial charge in [-0.1, -0.05) is 54.8 Å². The van der Waals surface area contributed by atoms with Crippen LogP contribution in [0.1, 0.15) is 42.4 Å². The van der Waals surface area contributed by atoms with Crippen molar-refractivity contribution in [1.29, 1.82) is 0 Å². The third-order valence-electron chi connectivity index (χ3n) is 5.10. The lowest BCUT2D eigenvalue weighted by Gasteiger charge is -2.14. The lowest BCUT2D eigenvalue weighted by molar-refractivity contribution is -0.136. The number of aryl methyl sites for hydroxylation is 3. The number of unbranched alkanes of at least 4 members (excludes halogenated alkanes) is 2. The maximum absolute atomic E-state index is 12.6. The van der Waals surface area contributed by atoms with Crippen molar-refractivity contribution in [1.82, 2.24) is 0 Å². The van der Waals surface area contributed by atoms with Crippen LogP contribution in [-0.2, 0) is 27.5 Å². The van der Waals surface area contributed by atoms with E-state index >= 15 is 0 Å². The van der Waals surface area contributed by atoms with Crippen molar-refractivity contribution in [2.75, 3.05) is 12.9 Å². The molecule has 0 aromatic heterocycles. The van der Waals surface area contributed by atoms with Crippen molar-refractivity contribution in [2.24, 2.45) is 0 Å². The number of aliphatic carboxylic acids is 1. The first kappa shape index (κ1) is 22.9. The number of carbonyl (C=O) groups is 1. The minimum absolute atomic E-state index is 0.140. The number of methoxy groups -OCH3 is 1. The Hall–Kier alpha value is -2.34. The molecule has 0 saturated carbocycles. The Bertz CT molecular complexity index is 870. The summed E-state index contributed by atoms with van der Waals surface area (Å²) in [6.45, 7) is 1.97. The summed E-state index contributed by atoms with van der Waals surface area (Å²) < 4.78 is 30.3. The van der Waals surface area contributed by atoms with E-state index in [1.165, 1.54) is 5.56 Å². The molecule has 158 valence electrons. The number of hydrogen-bond donors (Lipinski definition) is 1. The zero-order chi connectivity index (χ0) is 21.3. The molecule has 0 bridgehead atoms. The van der Waals surface area contributed by atoms with Gasteiger partial charge in [0.15, 0.2) is 15.1 Å². The van der Waals surface area contributed by atoms with Crippen LogP contribution >= 0.6 is 0 Å². The molecule has 0 fully saturated rings. The average molecular weight is 419 g/mol. The Morgan fingerprint density at radius 2 is 1.52 bits per heavy atom. The molecule has 29 heavy (non-hydrogen) atoms. The second-order valence-electron chi connectivity index (χ2n) is 7.38. The van der Waals surface area contributed by atoms with E-state index in [0.717, 1.165) is 36.1 Å². The van der Waals surface area contributed by atoms with Crippen LogP contribution in [0.5, 0.6) is 5.75 Å². The molecule has 0 radical (unpaired) electrons. The summed E-state index contributed by atoms with van der Waals surface area (Å²) in [4.78, 5) is 11.6. The van der Waals surface area contributed by atoms with Crippen molar-refractivity contribution in [3.05, 3.63) is 65.2 Å². The molecule has 1 N–H and O–H groups in total. The van der Waals surface area contributed by atoms with E-state index in [9.17, 15) is 18.3 Å². The lowest BCUT2D eigenvalue weighted by Crippen LogP contribution is -2.32. The fourth-order valence-electron chi connectivity index (χ4n) is 3.24. The van der Waals surface area contributed by atoms with Crippen LogP contribution in [0, 0.1) is 6.92 Å². The van der Waals surface area contributed by atoms with Gasteiger partial charge in [-0.25, -0.2) is 8.42 Å². The molecule has 2 aromatic carbocycles. The summed E-state index contributed by atoms with van der Waals surface area (Å²) >= 11 is 0. The summed E-state index contributed by atoms with van der Waals surface area (Å²) in [5.74, 6) is -0.572. The second-order valence-corrected chi connectivity index (χ2v) is 9.68. The van der Waals surface area contributed by atoms with E-state index in [2.05, 4.69) is 0 Å². The van der Waals surface area contributed by atoms with Crippen LogP contribution in [0.25, 0.3) is 0 Å². The molecule has 0 amide bonds. The third-order valence-corrected chi connectivity index (χ3v) is 7.17. The molecular formula is C23H30O5S. The average Bonchev–Trinajstić information content (AvgIpc) is 2.70. The fourth-order valence-corrected chi connectivity index (χ4v) is 4.88. The molecular weight excluding hydrogens is 388 g/mol. The fraction of sp³-hybridized carbons (Fsp3) is 0.435. The van der Waals surface area contributed by atoms with Crippen LogP contribution in [-0.4, -0.2) is 37.6 Å². The van der Waals surface area contributed by atoms with Crippen molar-refractivity contribution < 1.29 is 23.1 Å². The Balaban J connectivity index is 1.80. The maximum Gasteiger partial charge on any atom is 0.321 e. The number of hydrogen-bond acceptors (Lipinski definition) is 4. The van der Waals surface area contributed by atoms with E-state index in [0.29, 0.717) is 12.8 Å². The van der Waals surface area contributed by atoms with Crippen molar-refractivity contribution in [3.8, 4) is 5.75 Å². The van der Waals surface area contributed by atoms with Crippen LogP contribution in [0.4, 0.5) is 0 Å². The first-order valence-corrected chi connectivity index (χ1v) is 11.7. The molecule has 1 unspecified atom stereocenters. The van der Waals surface area contributed by atoms with Gasteiger partial charge >= 0.3 is 5.97 Å². The first-order valence-electron chi connectivity index (χ1n) is 9.94. The molecule has 2 rings (SSSR count). The van der Waals surface area contributed by atoms with Crippen LogP contribution in [0.3, 0.4) is 0 Å². The minimum atomic E-state index is -3.69. The summed E-state index contributed by atoms with van der Waals surface area (Å²) in [6, 6.07) is 15.5. The molecule has 0 aliphatic heterocycles. The van der Waals surface area contributed by atoms with Gasteiger partial charge < -0.3 is 9.84 Å². The molecule has 5 nitrogen and oxygen atoms in total. The largest absolute Gasteiger partial charge is 0.497 e. The van der Waals surface area contributed by atoms with Crippen LogP contribution in [0.2, 0.25) is 0 Å². The Kier molecular flexibility index (Phi) is 8.70. The predicted molar refractivity (Wildman–Crippen MR) is 115 cm³/mol. The van der Waals surface area contributed by atoms with E-state index in [4.69, 9.17) is 4.74 Å². The topological polar surface area (TPSA) is 80.7 Å². The SMILES string of the molecule is COc1ccc(CCCCCC(C(=O)O)S(=O)(=O)CCc2ccc(C)cc2)cc1. The highest BCUT2D eigenvalue weighted by molar-refractivity contribution is 7.92. The number of sulfone groups is 1. The Labute approximate surface area is 173 Å². The number of benzene rings is 2. The predicted octanol–water partition coefficient (Wildman–Crippen LogP) is 4.22. The van der Waals surface area contributed by atoms with Gasteiger partial charge in [0.2, 0.25) is 0 Å². The molecule has 1 atom stereocenters. The van der Waals surface area contributed by atoms with Gasteiger partial charge in [-0.2, -0.15) is 0 Å². The van der Waals surface area contributed by atoms with Gasteiger partial charge in [0.1, 0.15) is 5.75 Å². The van der Waals surface area contributed by atoms with Gasteiger partial charge in [-0.05, 0) is 55.9 Å². The molecule has 0 aliphatic carbocycles. The van der Waals surface area contributed by atoms with E-state index in [1.54, 1.807) is 7.11 Å². The lowest BCUT2D eigenvalue weighted by atomic mass is 10.1. The summed E-state index contributed by atoms with van der Waals surface area (Å²) in [5, 5.41) is 8.11. The zero-order valence-corrected chi connectivity index (χ0v) is 18.0. The monoisotopic (exact) mass is 418 g/mol. The summed E-state index contributed by atoms with van der Waals surface area (Å²) in [7, 11) is -2.06. The highest BCUT2D eigenvalue weighted by Crippen LogP contribution is 2.17. The molecule has 0 saturated heterocycles. The zero-order valence-electron chi connectivity index (χ0n) is 17.1. The van der Waals surface area contributed by atoms with E-state index in [-0.39, 0.29) is 12.2 Å². The number of rotatable bonds is 12. The van der Waals surface area contributed by atoms with Gasteiger partial charge in [0.05, 0.1) is 12.9 Å². The highest BCUT2D eigenvalue weighted by atomic mass is 32.2. The van der Waals surface area contributed by atoms with Gasteiger partial charge in [-0.3, -0.25) is 4.79 Å². The smallest absolute Gasteiger partial charge is 0.321 e. The normalized spacial score (nSPS) is 12.5. The Morgan fingerprint density at radius 3 is 2.10 bits per heavy atom. The molecule has 2 aromatic rings. The van der Waals surface area contributed by atoms with Crippen LogP contribution < -0.4 is 4.74 Å². The first-order chi connectivity index (χ1) is 13.8. The number of carboxylic acid groups (broad SMARTS) is 1. The van der Waals surface area contributed by atoms with Crippen molar-refractivity contribution >= 4 is 15.8 Å². The minimum Gasteiger partial charge on any atom is -0.497 e. The van der Waals surface area contributed by atoms with Gasteiger partial charge in [0.25, 0.3) is 0 Å². The summed E-state index contributed by atoms with van der Waals surface area (Å²) in [6.07, 6.45) is 3.64. The standard InChI is InChI=1S/C23H30O5S/c1-18-8-10-20(11-9-18)16-17-29(26,27)22(23(24)25)7-5-3-4-6-19-12-14-21(28-2)15-13-19/h8-15,22H,3-7,16-17H2,1-2H3,(H,24,25).